The topological polar surface area (TPSA) is 64.9 Å². The summed E-state index contributed by atoms with van der Waals surface area (Å²) < 4.78 is 6.26. The third-order valence-electron chi connectivity index (χ3n) is 3.14. The van der Waals surface area contributed by atoms with Gasteiger partial charge in [-0.3, -0.25) is 0 Å². The minimum atomic E-state index is -0.305. The van der Waals surface area contributed by atoms with E-state index in [-0.39, 0.29) is 6.04 Å². The Morgan fingerprint density at radius 1 is 1.10 bits per heavy atom. The van der Waals surface area contributed by atoms with Crippen molar-refractivity contribution in [3.8, 4) is 11.4 Å². The van der Waals surface area contributed by atoms with Crippen LogP contribution in [-0.4, -0.2) is 10.1 Å². The normalized spacial score (nSPS) is 12.3. The molecule has 0 bridgehead atoms. The molecule has 1 aromatic heterocycles. The Morgan fingerprint density at radius 2 is 1.90 bits per heavy atom. The molecule has 0 radical (unpaired) electrons. The second kappa shape index (κ2) is 6.20. The molecular weight excluding hydrogens is 330 g/mol. The lowest BCUT2D eigenvalue weighted by Gasteiger charge is -2.05. The Labute approximate surface area is 131 Å². The second-order valence-electron chi connectivity index (χ2n) is 4.76. The Hall–Kier alpha value is -1.98. The van der Waals surface area contributed by atoms with Crippen LogP contribution in [-0.2, 0) is 6.42 Å². The first kappa shape index (κ1) is 14.0. The minimum Gasteiger partial charge on any atom is -0.337 e. The largest absolute Gasteiger partial charge is 0.337 e. The highest BCUT2D eigenvalue weighted by molar-refractivity contribution is 9.10. The molecule has 0 spiro atoms. The zero-order chi connectivity index (χ0) is 14.7. The van der Waals surface area contributed by atoms with Gasteiger partial charge in [0.1, 0.15) is 0 Å². The number of benzene rings is 2. The van der Waals surface area contributed by atoms with Crippen LogP contribution in [0.5, 0.6) is 0 Å². The summed E-state index contributed by atoms with van der Waals surface area (Å²) in [5.41, 5.74) is 8.18. The van der Waals surface area contributed by atoms with Gasteiger partial charge in [0.2, 0.25) is 11.7 Å². The van der Waals surface area contributed by atoms with Crippen LogP contribution >= 0.6 is 15.9 Å². The molecule has 0 saturated carbocycles. The van der Waals surface area contributed by atoms with E-state index >= 15 is 0 Å². The van der Waals surface area contributed by atoms with E-state index in [1.54, 1.807) is 0 Å². The van der Waals surface area contributed by atoms with Crippen LogP contribution in [0.2, 0.25) is 0 Å². The Morgan fingerprint density at radius 3 is 2.67 bits per heavy atom. The molecule has 1 heterocycles. The second-order valence-corrected chi connectivity index (χ2v) is 5.68. The van der Waals surface area contributed by atoms with Crippen LogP contribution in [0.4, 0.5) is 0 Å². The number of hydrogen-bond acceptors (Lipinski definition) is 4. The van der Waals surface area contributed by atoms with Crippen molar-refractivity contribution < 1.29 is 4.52 Å². The molecular formula is C16H14BrN3O. The van der Waals surface area contributed by atoms with Crippen molar-refractivity contribution in [3.05, 3.63) is 70.5 Å². The van der Waals surface area contributed by atoms with E-state index in [2.05, 4.69) is 26.1 Å². The van der Waals surface area contributed by atoms with Crippen molar-refractivity contribution >= 4 is 15.9 Å². The zero-order valence-electron chi connectivity index (χ0n) is 11.2. The first-order chi connectivity index (χ1) is 10.2. The number of hydrogen-bond donors (Lipinski definition) is 1. The SMILES string of the molecule is N[C@H](Cc1ccccc1)c1nc(-c2cccc(Br)c2)no1. The van der Waals surface area contributed by atoms with E-state index in [1.807, 2.05) is 54.6 Å². The van der Waals surface area contributed by atoms with E-state index in [9.17, 15) is 0 Å². The smallest absolute Gasteiger partial charge is 0.244 e. The van der Waals surface area contributed by atoms with Gasteiger partial charge >= 0.3 is 0 Å². The molecule has 5 heteroatoms. The summed E-state index contributed by atoms with van der Waals surface area (Å²) in [6.07, 6.45) is 0.668. The van der Waals surface area contributed by atoms with Crippen LogP contribution in [0.15, 0.2) is 63.6 Å². The molecule has 0 aliphatic rings. The molecule has 2 aromatic carbocycles. The summed E-state index contributed by atoms with van der Waals surface area (Å²) in [7, 11) is 0. The molecule has 106 valence electrons. The monoisotopic (exact) mass is 343 g/mol. The van der Waals surface area contributed by atoms with E-state index in [4.69, 9.17) is 10.3 Å². The number of aromatic nitrogens is 2. The Kier molecular flexibility index (Phi) is 4.13. The fourth-order valence-corrected chi connectivity index (χ4v) is 2.49. The molecule has 0 unspecified atom stereocenters. The van der Waals surface area contributed by atoms with Gasteiger partial charge in [-0.1, -0.05) is 63.6 Å². The minimum absolute atomic E-state index is 0.305. The van der Waals surface area contributed by atoms with Gasteiger partial charge in [0.25, 0.3) is 0 Å². The first-order valence-electron chi connectivity index (χ1n) is 6.61. The van der Waals surface area contributed by atoms with Crippen LogP contribution < -0.4 is 5.73 Å². The lowest BCUT2D eigenvalue weighted by Crippen LogP contribution is -2.13. The zero-order valence-corrected chi connectivity index (χ0v) is 12.8. The van der Waals surface area contributed by atoms with Gasteiger partial charge in [-0.25, -0.2) is 0 Å². The van der Waals surface area contributed by atoms with E-state index in [0.29, 0.717) is 18.1 Å². The molecule has 3 aromatic rings. The fraction of sp³-hybridized carbons (Fsp3) is 0.125. The molecule has 0 amide bonds. The molecule has 3 rings (SSSR count). The van der Waals surface area contributed by atoms with Gasteiger partial charge in [-0.05, 0) is 24.1 Å². The standard InChI is InChI=1S/C16H14BrN3O/c17-13-8-4-7-12(10-13)15-19-16(21-20-15)14(18)9-11-5-2-1-3-6-11/h1-8,10,14H,9,18H2/t14-/m1/s1. The van der Waals surface area contributed by atoms with Crippen molar-refractivity contribution in [2.24, 2.45) is 5.73 Å². The summed E-state index contributed by atoms with van der Waals surface area (Å²) in [5, 5.41) is 4.00. The van der Waals surface area contributed by atoms with Crippen LogP contribution in [0.25, 0.3) is 11.4 Å². The van der Waals surface area contributed by atoms with Gasteiger partial charge in [0.15, 0.2) is 0 Å². The van der Waals surface area contributed by atoms with Crippen LogP contribution in [0.1, 0.15) is 17.5 Å². The van der Waals surface area contributed by atoms with Gasteiger partial charge in [0, 0.05) is 10.0 Å². The highest BCUT2D eigenvalue weighted by Crippen LogP contribution is 2.22. The summed E-state index contributed by atoms with van der Waals surface area (Å²) >= 11 is 3.43. The van der Waals surface area contributed by atoms with Gasteiger partial charge in [0.05, 0.1) is 6.04 Å². The summed E-state index contributed by atoms with van der Waals surface area (Å²) in [6.45, 7) is 0. The predicted molar refractivity (Wildman–Crippen MR) is 84.5 cm³/mol. The number of nitrogens with zero attached hydrogens (tertiary/aromatic N) is 2. The molecule has 0 saturated heterocycles. The van der Waals surface area contributed by atoms with E-state index in [1.165, 1.54) is 0 Å². The van der Waals surface area contributed by atoms with Crippen molar-refractivity contribution in [2.75, 3.05) is 0 Å². The molecule has 0 fully saturated rings. The third-order valence-corrected chi connectivity index (χ3v) is 3.63. The van der Waals surface area contributed by atoms with Gasteiger partial charge < -0.3 is 10.3 Å². The summed E-state index contributed by atoms with van der Waals surface area (Å²) in [4.78, 5) is 4.39. The highest BCUT2D eigenvalue weighted by Gasteiger charge is 2.16. The lowest BCUT2D eigenvalue weighted by atomic mass is 10.1. The van der Waals surface area contributed by atoms with Gasteiger partial charge in [-0.2, -0.15) is 4.98 Å². The lowest BCUT2D eigenvalue weighted by molar-refractivity contribution is 0.354. The highest BCUT2D eigenvalue weighted by atomic mass is 79.9. The maximum absolute atomic E-state index is 6.14. The molecule has 2 N–H and O–H groups in total. The van der Waals surface area contributed by atoms with E-state index in [0.717, 1.165) is 15.6 Å². The predicted octanol–water partition coefficient (Wildman–Crippen LogP) is 3.74. The molecule has 0 aliphatic heterocycles. The van der Waals surface area contributed by atoms with Crippen molar-refractivity contribution in [2.45, 2.75) is 12.5 Å². The quantitative estimate of drug-likeness (QED) is 0.783. The molecule has 21 heavy (non-hydrogen) atoms. The molecule has 4 nitrogen and oxygen atoms in total. The van der Waals surface area contributed by atoms with Crippen molar-refractivity contribution in [1.82, 2.24) is 10.1 Å². The number of rotatable bonds is 4. The average Bonchev–Trinajstić information content (AvgIpc) is 2.98. The maximum Gasteiger partial charge on any atom is 0.244 e. The molecule has 0 aliphatic carbocycles. The van der Waals surface area contributed by atoms with Crippen LogP contribution in [0.3, 0.4) is 0 Å². The summed E-state index contributed by atoms with van der Waals surface area (Å²) in [6, 6.07) is 17.5. The molecule has 1 atom stereocenters. The van der Waals surface area contributed by atoms with E-state index < -0.39 is 0 Å². The maximum atomic E-state index is 6.14. The van der Waals surface area contributed by atoms with Gasteiger partial charge in [-0.15, -0.1) is 0 Å². The third kappa shape index (κ3) is 3.37. The fourth-order valence-electron chi connectivity index (χ4n) is 2.09. The average molecular weight is 344 g/mol. The number of halogens is 1. The van der Waals surface area contributed by atoms with Crippen LogP contribution in [0, 0.1) is 0 Å². The van der Waals surface area contributed by atoms with Crippen molar-refractivity contribution in [3.63, 3.8) is 0 Å². The first-order valence-corrected chi connectivity index (χ1v) is 7.41. The van der Waals surface area contributed by atoms with Crippen molar-refractivity contribution in [1.29, 1.82) is 0 Å². The number of nitrogens with two attached hydrogens (primary N) is 1. The summed E-state index contributed by atoms with van der Waals surface area (Å²) in [5.74, 6) is 1.00. The Bertz CT molecular complexity index is 727. The Balaban J connectivity index is 1.78.